The molecule has 1 aliphatic heterocycles. The summed E-state index contributed by atoms with van der Waals surface area (Å²) < 4.78 is 28.1. The quantitative estimate of drug-likeness (QED) is 0.283. The third-order valence-electron chi connectivity index (χ3n) is 1.94. The monoisotopic (exact) mass is 308 g/mol. The molecule has 1 aliphatic rings. The Bertz CT molecular complexity index is 432. The van der Waals surface area contributed by atoms with Crippen LogP contribution in [-0.2, 0) is 24.2 Å². The molecule has 4 amide bonds. The van der Waals surface area contributed by atoms with E-state index in [1.165, 1.54) is 0 Å². The average molecular weight is 308 g/mol. The van der Waals surface area contributed by atoms with E-state index in [-0.39, 0.29) is 65.7 Å². The third kappa shape index (κ3) is 6.21. The van der Waals surface area contributed by atoms with E-state index in [4.69, 9.17) is 4.74 Å². The number of hydrogen-bond donors (Lipinski definition) is 0. The van der Waals surface area contributed by atoms with Gasteiger partial charge in [0.05, 0.1) is 24.2 Å². The Hall–Kier alpha value is 0.520. The van der Waals surface area contributed by atoms with Gasteiger partial charge >= 0.3 is 59.1 Å². The molecule has 0 spiro atoms. The predicted octanol–water partition coefficient (Wildman–Crippen LogP) is -6.25. The SMILES string of the molecule is CCOCCS(=O)(=O)C1C(=O)[N-]C(=O)[N-]C1=O.[Na+].[Na+]. The number of barbiturate groups is 1. The van der Waals surface area contributed by atoms with Crippen LogP contribution in [0.2, 0.25) is 0 Å². The van der Waals surface area contributed by atoms with Gasteiger partial charge < -0.3 is 29.8 Å². The summed E-state index contributed by atoms with van der Waals surface area (Å²) in [6.07, 6.45) is 0. The first kappa shape index (κ1) is 21.8. The molecule has 0 unspecified atom stereocenters. The van der Waals surface area contributed by atoms with Gasteiger partial charge in [0.25, 0.3) is 0 Å². The summed E-state index contributed by atoms with van der Waals surface area (Å²) >= 11 is 0. The van der Waals surface area contributed by atoms with Gasteiger partial charge in [-0.05, 0) is 13.0 Å². The normalized spacial score (nSPS) is 15.9. The maximum Gasteiger partial charge on any atom is 1.00 e. The van der Waals surface area contributed by atoms with E-state index in [2.05, 4.69) is 10.6 Å². The summed E-state index contributed by atoms with van der Waals surface area (Å²) in [6, 6.07) is -1.27. The van der Waals surface area contributed by atoms with E-state index in [0.29, 0.717) is 6.61 Å². The average Bonchev–Trinajstić information content (AvgIpc) is 2.15. The standard InChI is InChI=1S/C8H12N2O6S.2Na/c1-2-16-3-4-17(14,15)5-6(11)9-8(13)10-7(5)12;;/h5H,2-4H2,1H3,(H2,9,10,11,12,13);;/q;2*+1/p-2. The van der Waals surface area contributed by atoms with Gasteiger partial charge in [-0.2, -0.15) is 0 Å². The number of imide groups is 2. The molecule has 0 aromatic carbocycles. The number of ether oxygens (including phenoxy) is 1. The second-order valence-corrected chi connectivity index (χ2v) is 5.33. The minimum atomic E-state index is -4.04. The molecule has 0 N–H and O–H groups in total. The molecule has 0 atom stereocenters. The van der Waals surface area contributed by atoms with Crippen molar-refractivity contribution in [3.63, 3.8) is 0 Å². The van der Waals surface area contributed by atoms with Crippen molar-refractivity contribution in [2.45, 2.75) is 12.2 Å². The summed E-state index contributed by atoms with van der Waals surface area (Å²) in [5.74, 6) is -3.07. The van der Waals surface area contributed by atoms with Crippen molar-refractivity contribution in [2.24, 2.45) is 0 Å². The van der Waals surface area contributed by atoms with E-state index in [1.54, 1.807) is 6.92 Å². The second kappa shape index (κ2) is 9.46. The van der Waals surface area contributed by atoms with Crippen molar-refractivity contribution < 1.29 is 86.7 Å². The van der Waals surface area contributed by atoms with Crippen LogP contribution in [0.5, 0.6) is 0 Å². The van der Waals surface area contributed by atoms with Crippen LogP contribution in [0.25, 0.3) is 10.6 Å². The fraction of sp³-hybridized carbons (Fsp3) is 0.625. The summed E-state index contributed by atoms with van der Waals surface area (Å²) in [6.45, 7) is 1.85. The van der Waals surface area contributed by atoms with Gasteiger partial charge in [0, 0.05) is 6.61 Å². The molecular formula is C8H10N2Na2O6S. The zero-order chi connectivity index (χ0) is 13.1. The van der Waals surface area contributed by atoms with Gasteiger partial charge in [-0.25, -0.2) is 8.42 Å². The Labute approximate surface area is 154 Å². The summed E-state index contributed by atoms with van der Waals surface area (Å²) in [4.78, 5) is 33.0. The predicted molar refractivity (Wildman–Crippen MR) is 56.2 cm³/mol. The van der Waals surface area contributed by atoms with E-state index in [1.807, 2.05) is 0 Å². The number of amides is 4. The molecule has 0 aromatic heterocycles. The van der Waals surface area contributed by atoms with Crippen molar-refractivity contribution >= 4 is 27.7 Å². The molecule has 0 aliphatic carbocycles. The molecule has 96 valence electrons. The zero-order valence-electron chi connectivity index (χ0n) is 11.0. The van der Waals surface area contributed by atoms with E-state index in [9.17, 15) is 22.8 Å². The minimum Gasteiger partial charge on any atom is -0.610 e. The zero-order valence-corrected chi connectivity index (χ0v) is 15.8. The Morgan fingerprint density at radius 3 is 2.00 bits per heavy atom. The van der Waals surface area contributed by atoms with Gasteiger partial charge in [-0.15, -0.1) is 0 Å². The molecule has 0 radical (unpaired) electrons. The molecule has 0 aromatic rings. The first-order chi connectivity index (χ1) is 7.88. The van der Waals surface area contributed by atoms with E-state index in [0.717, 1.165) is 0 Å². The van der Waals surface area contributed by atoms with Crippen molar-refractivity contribution in [3.05, 3.63) is 10.6 Å². The molecule has 1 rings (SSSR count). The first-order valence-electron chi connectivity index (χ1n) is 4.73. The fourth-order valence-corrected chi connectivity index (χ4v) is 2.49. The Kier molecular flexibility index (Phi) is 10.9. The first-order valence-corrected chi connectivity index (χ1v) is 6.44. The van der Waals surface area contributed by atoms with E-state index >= 15 is 0 Å². The topological polar surface area (TPSA) is 123 Å². The Balaban J connectivity index is 0. The van der Waals surface area contributed by atoms with Gasteiger partial charge in [0.1, 0.15) is 5.25 Å². The number of urea groups is 1. The van der Waals surface area contributed by atoms with Crippen molar-refractivity contribution in [3.8, 4) is 0 Å². The van der Waals surface area contributed by atoms with Crippen molar-refractivity contribution in [1.82, 2.24) is 0 Å². The van der Waals surface area contributed by atoms with Crippen LogP contribution in [0.1, 0.15) is 6.92 Å². The number of carbonyl (C=O) groups excluding carboxylic acids is 3. The molecule has 0 bridgehead atoms. The summed E-state index contributed by atoms with van der Waals surface area (Å²) in [5, 5.41) is 3.65. The van der Waals surface area contributed by atoms with Crippen LogP contribution in [0.3, 0.4) is 0 Å². The molecule has 19 heavy (non-hydrogen) atoms. The second-order valence-electron chi connectivity index (χ2n) is 3.13. The molecule has 1 heterocycles. The molecule has 1 saturated heterocycles. The summed E-state index contributed by atoms with van der Waals surface area (Å²) in [5.41, 5.74) is 0. The Morgan fingerprint density at radius 1 is 1.11 bits per heavy atom. The van der Waals surface area contributed by atoms with Crippen LogP contribution < -0.4 is 59.1 Å². The molecule has 0 saturated carbocycles. The van der Waals surface area contributed by atoms with Gasteiger partial charge in [-0.3, -0.25) is 0 Å². The number of carbonyl (C=O) groups is 3. The van der Waals surface area contributed by atoms with Crippen LogP contribution >= 0.6 is 0 Å². The molecule has 8 nitrogen and oxygen atoms in total. The number of sulfone groups is 1. The van der Waals surface area contributed by atoms with Gasteiger partial charge in [-0.1, -0.05) is 0 Å². The van der Waals surface area contributed by atoms with Crippen molar-refractivity contribution in [2.75, 3.05) is 19.0 Å². The van der Waals surface area contributed by atoms with Crippen LogP contribution in [0.15, 0.2) is 0 Å². The largest absolute Gasteiger partial charge is 1.00 e. The van der Waals surface area contributed by atoms with Crippen molar-refractivity contribution in [1.29, 1.82) is 0 Å². The smallest absolute Gasteiger partial charge is 0.610 e. The maximum absolute atomic E-state index is 11.6. The molecular weight excluding hydrogens is 298 g/mol. The third-order valence-corrected chi connectivity index (χ3v) is 3.79. The van der Waals surface area contributed by atoms with Crippen LogP contribution in [0, 0.1) is 0 Å². The molecule has 1 fully saturated rings. The number of hydrogen-bond acceptors (Lipinski definition) is 6. The fourth-order valence-electron chi connectivity index (χ4n) is 1.18. The Morgan fingerprint density at radius 2 is 1.58 bits per heavy atom. The van der Waals surface area contributed by atoms with Gasteiger partial charge in [0.2, 0.25) is 0 Å². The van der Waals surface area contributed by atoms with Crippen LogP contribution in [0.4, 0.5) is 4.79 Å². The number of nitrogens with zero attached hydrogens (tertiary/aromatic N) is 2. The maximum atomic E-state index is 11.6. The molecule has 11 heteroatoms. The van der Waals surface area contributed by atoms with E-state index < -0.39 is 38.7 Å². The number of rotatable bonds is 5. The summed E-state index contributed by atoms with van der Waals surface area (Å²) in [7, 11) is -4.04. The van der Waals surface area contributed by atoms with Gasteiger partial charge in [0.15, 0.2) is 9.84 Å². The van der Waals surface area contributed by atoms with Crippen LogP contribution in [-0.4, -0.2) is 50.5 Å². The minimum absolute atomic E-state index is 0.